The quantitative estimate of drug-likeness (QED) is 0.688. The molecule has 0 aliphatic heterocycles. The van der Waals surface area contributed by atoms with Crippen LogP contribution in [0.15, 0.2) is 54.7 Å². The van der Waals surface area contributed by atoms with Gasteiger partial charge in [-0.1, -0.05) is 23.7 Å². The molecule has 3 rings (SSSR count). The third-order valence-corrected chi connectivity index (χ3v) is 3.74. The molecule has 0 aliphatic rings. The van der Waals surface area contributed by atoms with E-state index in [0.717, 1.165) is 27.8 Å². The number of aliphatic hydroxyl groups excluding tert-OH is 1. The number of nitrogens with one attached hydrogen (secondary N) is 1. The molecule has 0 unspecified atom stereocenters. The zero-order valence-electron chi connectivity index (χ0n) is 11.8. The molecule has 112 valence electrons. The highest BCUT2D eigenvalue weighted by atomic mass is 35.5. The molecule has 5 heteroatoms. The number of rotatable bonds is 4. The Labute approximate surface area is 133 Å². The lowest BCUT2D eigenvalue weighted by Gasteiger charge is -2.12. The number of aromatic nitrogens is 1. The van der Waals surface area contributed by atoms with E-state index in [4.69, 9.17) is 17.3 Å². The molecule has 0 amide bonds. The van der Waals surface area contributed by atoms with E-state index >= 15 is 0 Å². The fraction of sp³-hybridized carbons (Fsp3) is 0.118. The van der Waals surface area contributed by atoms with Crippen molar-refractivity contribution in [1.29, 1.82) is 0 Å². The maximum absolute atomic E-state index is 9.71. The van der Waals surface area contributed by atoms with Crippen molar-refractivity contribution in [3.05, 3.63) is 65.3 Å². The Bertz CT molecular complexity index is 790. The molecule has 0 fully saturated rings. The first-order valence-electron chi connectivity index (χ1n) is 6.97. The average molecular weight is 314 g/mol. The maximum Gasteiger partial charge on any atom is 0.0912 e. The highest BCUT2D eigenvalue weighted by Crippen LogP contribution is 2.27. The van der Waals surface area contributed by atoms with Crippen molar-refractivity contribution in [2.24, 2.45) is 5.73 Å². The normalized spacial score (nSPS) is 12.3. The molecule has 0 spiro atoms. The van der Waals surface area contributed by atoms with Crippen molar-refractivity contribution in [3.63, 3.8) is 0 Å². The van der Waals surface area contributed by atoms with Crippen LogP contribution < -0.4 is 11.1 Å². The Balaban J connectivity index is 1.90. The summed E-state index contributed by atoms with van der Waals surface area (Å²) in [5.41, 5.74) is 8.98. The molecule has 4 N–H and O–H groups in total. The second-order valence-corrected chi connectivity index (χ2v) is 5.45. The SMILES string of the molecule is NC[C@H](O)c1ccc(Nc2ccnc3cc(Cl)ccc23)cc1. The number of fused-ring (bicyclic) bond motifs is 1. The summed E-state index contributed by atoms with van der Waals surface area (Å²) >= 11 is 6.00. The number of hydrogen-bond donors (Lipinski definition) is 3. The van der Waals surface area contributed by atoms with Crippen molar-refractivity contribution in [2.75, 3.05) is 11.9 Å². The van der Waals surface area contributed by atoms with Gasteiger partial charge in [0.2, 0.25) is 0 Å². The van der Waals surface area contributed by atoms with Crippen LogP contribution in [0.4, 0.5) is 11.4 Å². The van der Waals surface area contributed by atoms with Crippen molar-refractivity contribution < 1.29 is 5.11 Å². The van der Waals surface area contributed by atoms with E-state index in [1.807, 2.05) is 48.5 Å². The number of anilines is 2. The van der Waals surface area contributed by atoms with Gasteiger partial charge in [-0.2, -0.15) is 0 Å². The summed E-state index contributed by atoms with van der Waals surface area (Å²) in [6.45, 7) is 0.211. The van der Waals surface area contributed by atoms with E-state index in [9.17, 15) is 5.11 Å². The standard InChI is InChI=1S/C17H16ClN3O/c18-12-3-6-14-15(7-8-20-16(14)9-12)21-13-4-1-11(2-5-13)17(22)10-19/h1-9,17,22H,10,19H2,(H,20,21)/t17-/m0/s1. The third-order valence-electron chi connectivity index (χ3n) is 3.50. The molecule has 0 radical (unpaired) electrons. The summed E-state index contributed by atoms with van der Waals surface area (Å²) in [7, 11) is 0. The van der Waals surface area contributed by atoms with Crippen LogP contribution in [0.25, 0.3) is 10.9 Å². The third kappa shape index (κ3) is 3.04. The Morgan fingerprint density at radius 2 is 1.91 bits per heavy atom. The van der Waals surface area contributed by atoms with E-state index in [0.29, 0.717) is 5.02 Å². The monoisotopic (exact) mass is 313 g/mol. The maximum atomic E-state index is 9.71. The van der Waals surface area contributed by atoms with Crippen LogP contribution in [0.5, 0.6) is 0 Å². The van der Waals surface area contributed by atoms with Gasteiger partial charge in [0.05, 0.1) is 11.6 Å². The van der Waals surface area contributed by atoms with Crippen LogP contribution >= 0.6 is 11.6 Å². The summed E-state index contributed by atoms with van der Waals surface area (Å²) in [4.78, 5) is 4.32. The molecule has 3 aromatic rings. The fourth-order valence-corrected chi connectivity index (χ4v) is 2.48. The van der Waals surface area contributed by atoms with Gasteiger partial charge in [-0.25, -0.2) is 0 Å². The van der Waals surface area contributed by atoms with Crippen molar-refractivity contribution >= 4 is 33.9 Å². The van der Waals surface area contributed by atoms with E-state index in [2.05, 4.69) is 10.3 Å². The lowest BCUT2D eigenvalue weighted by Crippen LogP contribution is -2.11. The number of aliphatic hydroxyl groups is 1. The van der Waals surface area contributed by atoms with Gasteiger partial charge in [-0.15, -0.1) is 0 Å². The Morgan fingerprint density at radius 1 is 1.14 bits per heavy atom. The molecule has 1 aromatic heterocycles. The number of hydrogen-bond acceptors (Lipinski definition) is 4. The van der Waals surface area contributed by atoms with Gasteiger partial charge >= 0.3 is 0 Å². The summed E-state index contributed by atoms with van der Waals surface area (Å²) in [6, 6.07) is 15.1. The number of benzene rings is 2. The number of halogens is 1. The van der Waals surface area contributed by atoms with Crippen LogP contribution in [0.2, 0.25) is 5.02 Å². The van der Waals surface area contributed by atoms with Gasteiger partial charge in [-0.3, -0.25) is 4.98 Å². The van der Waals surface area contributed by atoms with Crippen molar-refractivity contribution in [2.45, 2.75) is 6.10 Å². The van der Waals surface area contributed by atoms with Gasteiger partial charge < -0.3 is 16.2 Å². The Morgan fingerprint density at radius 3 is 2.64 bits per heavy atom. The van der Waals surface area contributed by atoms with E-state index in [1.54, 1.807) is 6.20 Å². The van der Waals surface area contributed by atoms with Gasteiger partial charge in [0.15, 0.2) is 0 Å². The first-order chi connectivity index (χ1) is 10.7. The summed E-state index contributed by atoms with van der Waals surface area (Å²) in [6.07, 6.45) is 1.12. The van der Waals surface area contributed by atoms with E-state index in [1.165, 1.54) is 0 Å². The zero-order chi connectivity index (χ0) is 15.5. The van der Waals surface area contributed by atoms with Crippen LogP contribution in [0.3, 0.4) is 0 Å². The smallest absolute Gasteiger partial charge is 0.0912 e. The number of nitrogens with zero attached hydrogens (tertiary/aromatic N) is 1. The number of nitrogens with two attached hydrogens (primary N) is 1. The zero-order valence-corrected chi connectivity index (χ0v) is 12.6. The topological polar surface area (TPSA) is 71.2 Å². The largest absolute Gasteiger partial charge is 0.387 e. The summed E-state index contributed by atoms with van der Waals surface area (Å²) < 4.78 is 0. The van der Waals surface area contributed by atoms with Crippen LogP contribution in [0, 0.1) is 0 Å². The lowest BCUT2D eigenvalue weighted by atomic mass is 10.1. The number of pyridine rings is 1. The minimum absolute atomic E-state index is 0.211. The Hall–Kier alpha value is -2.14. The van der Waals surface area contributed by atoms with E-state index in [-0.39, 0.29) is 6.54 Å². The van der Waals surface area contributed by atoms with Crippen LogP contribution in [-0.2, 0) is 0 Å². The minimum atomic E-state index is -0.627. The minimum Gasteiger partial charge on any atom is -0.387 e. The summed E-state index contributed by atoms with van der Waals surface area (Å²) in [5.74, 6) is 0. The molecule has 1 atom stereocenters. The Kier molecular flexibility index (Phi) is 4.24. The van der Waals surface area contributed by atoms with Gasteiger partial charge in [-0.05, 0) is 42.0 Å². The molecule has 4 nitrogen and oxygen atoms in total. The molecule has 2 aromatic carbocycles. The lowest BCUT2D eigenvalue weighted by molar-refractivity contribution is 0.187. The second kappa shape index (κ2) is 6.32. The molecule has 0 saturated heterocycles. The first-order valence-corrected chi connectivity index (χ1v) is 7.34. The van der Waals surface area contributed by atoms with Crippen LogP contribution in [-0.4, -0.2) is 16.6 Å². The molecular formula is C17H16ClN3O. The molecule has 0 bridgehead atoms. The molecule has 0 saturated carbocycles. The molecule has 0 aliphatic carbocycles. The highest BCUT2D eigenvalue weighted by Gasteiger charge is 2.06. The first kappa shape index (κ1) is 14.8. The fourth-order valence-electron chi connectivity index (χ4n) is 2.31. The van der Waals surface area contributed by atoms with Gasteiger partial charge in [0, 0.05) is 34.5 Å². The predicted octanol–water partition coefficient (Wildman–Crippen LogP) is 3.62. The average Bonchev–Trinajstić information content (AvgIpc) is 2.55. The molecule has 1 heterocycles. The van der Waals surface area contributed by atoms with Crippen molar-refractivity contribution in [1.82, 2.24) is 4.98 Å². The van der Waals surface area contributed by atoms with Crippen LogP contribution in [0.1, 0.15) is 11.7 Å². The second-order valence-electron chi connectivity index (χ2n) is 5.02. The molecular weight excluding hydrogens is 298 g/mol. The van der Waals surface area contributed by atoms with Gasteiger partial charge in [0.25, 0.3) is 0 Å². The van der Waals surface area contributed by atoms with Crippen molar-refractivity contribution in [3.8, 4) is 0 Å². The van der Waals surface area contributed by atoms with Gasteiger partial charge in [0.1, 0.15) is 0 Å². The highest BCUT2D eigenvalue weighted by molar-refractivity contribution is 6.31. The molecule has 22 heavy (non-hydrogen) atoms. The predicted molar refractivity (Wildman–Crippen MR) is 90.5 cm³/mol. The summed E-state index contributed by atoms with van der Waals surface area (Å²) in [5, 5.41) is 14.7. The van der Waals surface area contributed by atoms with E-state index < -0.39 is 6.10 Å².